The second-order valence-electron chi connectivity index (χ2n) is 4.99. The van der Waals surface area contributed by atoms with Crippen LogP contribution in [-0.4, -0.2) is 27.5 Å². The van der Waals surface area contributed by atoms with Crippen molar-refractivity contribution in [2.24, 2.45) is 0 Å². The van der Waals surface area contributed by atoms with Crippen LogP contribution in [0.1, 0.15) is 29.6 Å². The molecular weight excluding hydrogens is 278 g/mol. The smallest absolute Gasteiger partial charge is 0.232 e. The number of halogens is 1. The summed E-state index contributed by atoms with van der Waals surface area (Å²) in [6.07, 6.45) is 0.419. The maximum absolute atomic E-state index is 12.1. The number of hydrogen-bond donors (Lipinski definition) is 0. The molecule has 5 nitrogen and oxygen atoms in total. The van der Waals surface area contributed by atoms with Gasteiger partial charge in [0.1, 0.15) is 0 Å². The molecule has 1 atom stereocenters. The molecule has 104 valence electrons. The zero-order chi connectivity index (χ0) is 14.1. The van der Waals surface area contributed by atoms with E-state index < -0.39 is 0 Å². The topological polar surface area (TPSA) is 59.2 Å². The third kappa shape index (κ3) is 2.67. The fraction of sp³-hybridized carbons (Fsp3) is 0.357. The molecule has 0 N–H and O–H groups in total. The molecule has 6 heteroatoms. The highest BCUT2D eigenvalue weighted by Gasteiger charge is 2.33. The van der Waals surface area contributed by atoms with Gasteiger partial charge in [0.05, 0.1) is 5.92 Å². The van der Waals surface area contributed by atoms with Crippen molar-refractivity contribution in [3.8, 4) is 0 Å². The Morgan fingerprint density at radius 3 is 3.05 bits per heavy atom. The lowest BCUT2D eigenvalue weighted by Crippen LogP contribution is -2.24. The van der Waals surface area contributed by atoms with Crippen molar-refractivity contribution in [2.75, 3.05) is 6.54 Å². The summed E-state index contributed by atoms with van der Waals surface area (Å²) in [5.41, 5.74) is 1.02. The maximum atomic E-state index is 12.1. The van der Waals surface area contributed by atoms with E-state index in [9.17, 15) is 4.79 Å². The van der Waals surface area contributed by atoms with E-state index >= 15 is 0 Å². The van der Waals surface area contributed by atoms with Crippen molar-refractivity contribution in [2.45, 2.75) is 25.8 Å². The van der Waals surface area contributed by atoms with Gasteiger partial charge in [0.2, 0.25) is 11.8 Å². The summed E-state index contributed by atoms with van der Waals surface area (Å²) in [5, 5.41) is 4.45. The lowest BCUT2D eigenvalue weighted by atomic mass is 10.1. The third-order valence-electron chi connectivity index (χ3n) is 3.37. The Kier molecular flexibility index (Phi) is 3.44. The van der Waals surface area contributed by atoms with Crippen LogP contribution in [0.25, 0.3) is 0 Å². The number of benzene rings is 1. The van der Waals surface area contributed by atoms with Gasteiger partial charge < -0.3 is 9.42 Å². The highest BCUT2D eigenvalue weighted by molar-refractivity contribution is 6.30. The Hall–Kier alpha value is -1.88. The van der Waals surface area contributed by atoms with E-state index in [0.717, 1.165) is 5.56 Å². The first-order chi connectivity index (χ1) is 9.61. The third-order valence-corrected chi connectivity index (χ3v) is 3.60. The van der Waals surface area contributed by atoms with Crippen LogP contribution in [0.3, 0.4) is 0 Å². The van der Waals surface area contributed by atoms with E-state index in [4.69, 9.17) is 16.1 Å². The number of rotatable bonds is 3. The summed E-state index contributed by atoms with van der Waals surface area (Å²) in [7, 11) is 0. The Labute approximate surface area is 121 Å². The van der Waals surface area contributed by atoms with Gasteiger partial charge in [0, 0.05) is 24.5 Å². The quantitative estimate of drug-likeness (QED) is 0.872. The summed E-state index contributed by atoms with van der Waals surface area (Å²) in [6.45, 7) is 2.93. The van der Waals surface area contributed by atoms with Crippen molar-refractivity contribution in [3.63, 3.8) is 0 Å². The van der Waals surface area contributed by atoms with E-state index in [1.165, 1.54) is 0 Å². The average Bonchev–Trinajstić information content (AvgIpc) is 2.97. The largest absolute Gasteiger partial charge is 0.339 e. The Morgan fingerprint density at radius 2 is 2.35 bits per heavy atom. The van der Waals surface area contributed by atoms with Gasteiger partial charge in [-0.05, 0) is 24.6 Å². The van der Waals surface area contributed by atoms with Crippen molar-refractivity contribution in [1.82, 2.24) is 15.0 Å². The van der Waals surface area contributed by atoms with Gasteiger partial charge in [-0.2, -0.15) is 4.98 Å². The van der Waals surface area contributed by atoms with Gasteiger partial charge in [0.25, 0.3) is 0 Å². The summed E-state index contributed by atoms with van der Waals surface area (Å²) >= 11 is 5.96. The lowest BCUT2D eigenvalue weighted by Gasteiger charge is -2.16. The Bertz CT molecular complexity index is 641. The van der Waals surface area contributed by atoms with Crippen molar-refractivity contribution in [1.29, 1.82) is 0 Å². The van der Waals surface area contributed by atoms with E-state index in [1.54, 1.807) is 11.8 Å². The van der Waals surface area contributed by atoms with Crippen molar-refractivity contribution >= 4 is 17.5 Å². The predicted molar refractivity (Wildman–Crippen MR) is 73.3 cm³/mol. The first-order valence-corrected chi connectivity index (χ1v) is 6.82. The summed E-state index contributed by atoms with van der Waals surface area (Å²) in [6, 6.07) is 7.54. The van der Waals surface area contributed by atoms with E-state index in [0.29, 0.717) is 36.2 Å². The summed E-state index contributed by atoms with van der Waals surface area (Å²) in [5.74, 6) is 1.24. The number of likely N-dealkylation sites (tertiary alicyclic amines) is 1. The number of aryl methyl sites for hydroxylation is 1. The van der Waals surface area contributed by atoms with Gasteiger partial charge in [-0.25, -0.2) is 0 Å². The van der Waals surface area contributed by atoms with Crippen molar-refractivity contribution < 1.29 is 9.32 Å². The molecule has 3 rings (SSSR count). The maximum Gasteiger partial charge on any atom is 0.232 e. The van der Waals surface area contributed by atoms with Crippen molar-refractivity contribution in [3.05, 3.63) is 46.6 Å². The van der Waals surface area contributed by atoms with Gasteiger partial charge in [-0.1, -0.05) is 28.9 Å². The molecule has 1 aromatic carbocycles. The zero-order valence-electron chi connectivity index (χ0n) is 11.0. The zero-order valence-corrected chi connectivity index (χ0v) is 11.8. The first-order valence-electron chi connectivity index (χ1n) is 6.44. The van der Waals surface area contributed by atoms with Crippen LogP contribution in [-0.2, 0) is 11.3 Å². The fourth-order valence-electron chi connectivity index (χ4n) is 2.43. The second kappa shape index (κ2) is 5.25. The minimum Gasteiger partial charge on any atom is -0.339 e. The number of hydrogen-bond acceptors (Lipinski definition) is 4. The van der Waals surface area contributed by atoms with E-state index in [-0.39, 0.29) is 11.8 Å². The molecule has 0 spiro atoms. The van der Waals surface area contributed by atoms with Gasteiger partial charge in [0.15, 0.2) is 5.82 Å². The van der Waals surface area contributed by atoms with Gasteiger partial charge in [-0.15, -0.1) is 0 Å². The molecule has 1 fully saturated rings. The standard InChI is InChI=1S/C14H14ClN3O2/c1-9-16-14(20-17-9)11-6-13(19)18(8-11)7-10-3-2-4-12(15)5-10/h2-5,11H,6-8H2,1H3. The van der Waals surface area contributed by atoms with E-state index in [1.807, 2.05) is 24.3 Å². The highest BCUT2D eigenvalue weighted by atomic mass is 35.5. The summed E-state index contributed by atoms with van der Waals surface area (Å²) in [4.78, 5) is 18.1. The normalized spacial score (nSPS) is 18.8. The number of aromatic nitrogens is 2. The highest BCUT2D eigenvalue weighted by Crippen LogP contribution is 2.28. The Morgan fingerprint density at radius 1 is 1.50 bits per heavy atom. The van der Waals surface area contributed by atoms with E-state index in [2.05, 4.69) is 10.1 Å². The summed E-state index contributed by atoms with van der Waals surface area (Å²) < 4.78 is 5.15. The van der Waals surface area contributed by atoms with Crippen LogP contribution in [0, 0.1) is 6.92 Å². The van der Waals surface area contributed by atoms with Crippen LogP contribution in [0.4, 0.5) is 0 Å². The van der Waals surface area contributed by atoms with Crippen LogP contribution >= 0.6 is 11.6 Å². The van der Waals surface area contributed by atoms with Crippen LogP contribution < -0.4 is 0 Å². The molecule has 20 heavy (non-hydrogen) atoms. The average molecular weight is 292 g/mol. The number of amides is 1. The monoisotopic (exact) mass is 291 g/mol. The molecular formula is C14H14ClN3O2. The fourth-order valence-corrected chi connectivity index (χ4v) is 2.64. The van der Waals surface area contributed by atoms with Crippen LogP contribution in [0.5, 0.6) is 0 Å². The predicted octanol–water partition coefficient (Wildman–Crippen LogP) is 2.55. The van der Waals surface area contributed by atoms with Crippen LogP contribution in [0.15, 0.2) is 28.8 Å². The van der Waals surface area contributed by atoms with Gasteiger partial charge in [-0.3, -0.25) is 4.79 Å². The molecule has 1 aliphatic rings. The molecule has 0 saturated carbocycles. The molecule has 0 bridgehead atoms. The van der Waals surface area contributed by atoms with Gasteiger partial charge >= 0.3 is 0 Å². The molecule has 1 saturated heterocycles. The number of nitrogens with zero attached hydrogens (tertiary/aromatic N) is 3. The molecule has 0 radical (unpaired) electrons. The molecule has 1 unspecified atom stereocenters. The first kappa shape index (κ1) is 13.1. The molecule has 0 aliphatic carbocycles. The molecule has 1 amide bonds. The molecule has 2 aromatic rings. The Balaban J connectivity index is 1.71. The minimum atomic E-state index is -0.0112. The minimum absolute atomic E-state index is 0.0112. The lowest BCUT2D eigenvalue weighted by molar-refractivity contribution is -0.128. The molecule has 1 aliphatic heterocycles. The SMILES string of the molecule is Cc1noc(C2CC(=O)N(Cc3cccc(Cl)c3)C2)n1. The van der Waals surface area contributed by atoms with Crippen LogP contribution in [0.2, 0.25) is 5.02 Å². The molecule has 1 aromatic heterocycles. The second-order valence-corrected chi connectivity index (χ2v) is 5.42. The number of carbonyl (C=O) groups is 1. The number of carbonyl (C=O) groups excluding carboxylic acids is 1. The molecule has 2 heterocycles.